The van der Waals surface area contributed by atoms with Gasteiger partial charge in [-0.2, -0.15) is 0 Å². The number of rotatable bonds is 5. The average Bonchev–Trinajstić information content (AvgIpc) is 2.64. The van der Waals surface area contributed by atoms with Gasteiger partial charge in [-0.1, -0.05) is 53.7 Å². The van der Waals surface area contributed by atoms with Gasteiger partial charge in [0.15, 0.2) is 5.16 Å². The second-order valence-electron chi connectivity index (χ2n) is 5.75. The van der Waals surface area contributed by atoms with Crippen molar-refractivity contribution >= 4 is 28.6 Å². The Kier molecular flexibility index (Phi) is 5.19. The molecule has 1 N–H and O–H groups in total. The largest absolute Gasteiger partial charge is 0.358 e. The van der Waals surface area contributed by atoms with E-state index < -0.39 is 0 Å². The number of nitrogens with zero attached hydrogens (tertiary/aromatic N) is 2. The summed E-state index contributed by atoms with van der Waals surface area (Å²) in [5.41, 5.74) is 2.74. The third-order valence-electron chi connectivity index (χ3n) is 3.90. The van der Waals surface area contributed by atoms with Crippen LogP contribution in [-0.4, -0.2) is 28.3 Å². The standard InChI is InChI=1S/C19H19N3O2S/c1-13-7-9-14(10-8-13)11-22-18(24)15-5-3-4-6-16(15)21-19(22)25-12-17(23)20-2/h3-10H,11-12H2,1-2H3,(H,20,23). The van der Waals surface area contributed by atoms with Crippen LogP contribution in [0.2, 0.25) is 0 Å². The second-order valence-corrected chi connectivity index (χ2v) is 6.69. The SMILES string of the molecule is CNC(=O)CSc1nc2ccccc2c(=O)n1Cc1ccc(C)cc1. The Bertz CT molecular complexity index is 965. The number of nitrogens with one attached hydrogen (secondary N) is 1. The van der Waals surface area contributed by atoms with E-state index >= 15 is 0 Å². The van der Waals surface area contributed by atoms with E-state index in [2.05, 4.69) is 10.3 Å². The number of hydrogen-bond donors (Lipinski definition) is 1. The fraction of sp³-hybridized carbons (Fsp3) is 0.211. The maximum absolute atomic E-state index is 12.9. The molecule has 3 rings (SSSR count). The molecule has 6 heteroatoms. The zero-order valence-corrected chi connectivity index (χ0v) is 15.0. The minimum absolute atomic E-state index is 0.0921. The van der Waals surface area contributed by atoms with Gasteiger partial charge in [0, 0.05) is 7.05 Å². The fourth-order valence-corrected chi connectivity index (χ4v) is 3.35. The molecule has 25 heavy (non-hydrogen) atoms. The molecule has 0 saturated heterocycles. The van der Waals surface area contributed by atoms with E-state index in [9.17, 15) is 9.59 Å². The maximum atomic E-state index is 12.9. The molecule has 0 bridgehead atoms. The average molecular weight is 353 g/mol. The summed E-state index contributed by atoms with van der Waals surface area (Å²) in [5, 5.41) is 3.72. The number of carbonyl (C=O) groups is 1. The first-order valence-electron chi connectivity index (χ1n) is 7.97. The van der Waals surface area contributed by atoms with E-state index in [-0.39, 0.29) is 17.2 Å². The highest BCUT2D eigenvalue weighted by Crippen LogP contribution is 2.19. The molecule has 5 nitrogen and oxygen atoms in total. The fourth-order valence-electron chi connectivity index (χ4n) is 2.48. The van der Waals surface area contributed by atoms with Crippen molar-refractivity contribution < 1.29 is 4.79 Å². The second kappa shape index (κ2) is 7.53. The first-order chi connectivity index (χ1) is 12.1. The van der Waals surface area contributed by atoms with Gasteiger partial charge < -0.3 is 5.32 Å². The molecular weight excluding hydrogens is 334 g/mol. The van der Waals surface area contributed by atoms with Gasteiger partial charge >= 0.3 is 0 Å². The van der Waals surface area contributed by atoms with Crippen molar-refractivity contribution in [1.29, 1.82) is 0 Å². The number of aryl methyl sites for hydroxylation is 1. The number of para-hydroxylation sites is 1. The van der Waals surface area contributed by atoms with Crippen LogP contribution < -0.4 is 10.9 Å². The van der Waals surface area contributed by atoms with Gasteiger partial charge in [-0.25, -0.2) is 4.98 Å². The van der Waals surface area contributed by atoms with E-state index in [0.717, 1.165) is 5.56 Å². The minimum atomic E-state index is -0.103. The van der Waals surface area contributed by atoms with Gasteiger partial charge in [0.1, 0.15) is 0 Å². The molecule has 0 atom stereocenters. The van der Waals surface area contributed by atoms with Gasteiger partial charge in [-0.3, -0.25) is 14.2 Å². The van der Waals surface area contributed by atoms with Gasteiger partial charge in [0.2, 0.25) is 5.91 Å². The molecule has 1 amide bonds. The Morgan fingerprint density at radius 2 is 1.88 bits per heavy atom. The van der Waals surface area contributed by atoms with E-state index in [1.807, 2.05) is 49.4 Å². The third-order valence-corrected chi connectivity index (χ3v) is 4.88. The van der Waals surface area contributed by atoms with Crippen molar-refractivity contribution in [2.24, 2.45) is 0 Å². The lowest BCUT2D eigenvalue weighted by atomic mass is 10.1. The summed E-state index contributed by atoms with van der Waals surface area (Å²) in [5.74, 6) is 0.115. The van der Waals surface area contributed by atoms with E-state index in [1.54, 1.807) is 17.7 Å². The van der Waals surface area contributed by atoms with Crippen LogP contribution in [0.15, 0.2) is 58.5 Å². The van der Waals surface area contributed by atoms with E-state index in [4.69, 9.17) is 0 Å². The van der Waals surface area contributed by atoms with Crippen molar-refractivity contribution in [2.45, 2.75) is 18.6 Å². The predicted molar refractivity (Wildman–Crippen MR) is 101 cm³/mol. The molecule has 0 unspecified atom stereocenters. The molecule has 1 heterocycles. The number of aromatic nitrogens is 2. The summed E-state index contributed by atoms with van der Waals surface area (Å²) in [6, 6.07) is 15.3. The minimum Gasteiger partial charge on any atom is -0.358 e. The van der Waals surface area contributed by atoms with Crippen molar-refractivity contribution in [3.63, 3.8) is 0 Å². The summed E-state index contributed by atoms with van der Waals surface area (Å²) in [7, 11) is 1.59. The Morgan fingerprint density at radius 3 is 2.60 bits per heavy atom. The molecule has 0 radical (unpaired) electrons. The summed E-state index contributed by atoms with van der Waals surface area (Å²) in [6.45, 7) is 2.45. The Hall–Kier alpha value is -2.60. The molecular formula is C19H19N3O2S. The first kappa shape index (κ1) is 17.2. The van der Waals surface area contributed by atoms with Crippen LogP contribution in [0.25, 0.3) is 10.9 Å². The first-order valence-corrected chi connectivity index (χ1v) is 8.95. The monoisotopic (exact) mass is 353 g/mol. The quantitative estimate of drug-likeness (QED) is 0.566. The van der Waals surface area contributed by atoms with Crippen LogP contribution in [0.3, 0.4) is 0 Å². The molecule has 0 aliphatic carbocycles. The van der Waals surface area contributed by atoms with Gasteiger partial charge in [-0.15, -0.1) is 0 Å². The van der Waals surface area contributed by atoms with Crippen molar-refractivity contribution in [3.05, 3.63) is 70.0 Å². The van der Waals surface area contributed by atoms with Gasteiger partial charge in [0.05, 0.1) is 23.2 Å². The number of thioether (sulfide) groups is 1. The van der Waals surface area contributed by atoms with E-state index in [1.165, 1.54) is 17.3 Å². The van der Waals surface area contributed by atoms with Gasteiger partial charge in [-0.05, 0) is 24.6 Å². The highest BCUT2D eigenvalue weighted by atomic mass is 32.2. The summed E-state index contributed by atoms with van der Waals surface area (Å²) < 4.78 is 1.64. The smallest absolute Gasteiger partial charge is 0.262 e. The number of hydrogen-bond acceptors (Lipinski definition) is 4. The van der Waals surface area contributed by atoms with Crippen LogP contribution in [0, 0.1) is 6.92 Å². The molecule has 0 fully saturated rings. The Labute approximate surface area is 150 Å². The number of fused-ring (bicyclic) bond motifs is 1. The maximum Gasteiger partial charge on any atom is 0.262 e. The van der Waals surface area contributed by atoms with Crippen LogP contribution in [0.4, 0.5) is 0 Å². The normalized spacial score (nSPS) is 10.8. The van der Waals surface area contributed by atoms with Crippen molar-refractivity contribution in [1.82, 2.24) is 14.9 Å². The van der Waals surface area contributed by atoms with Crippen molar-refractivity contribution in [3.8, 4) is 0 Å². The number of carbonyl (C=O) groups excluding carboxylic acids is 1. The number of amides is 1. The molecule has 3 aromatic rings. The Morgan fingerprint density at radius 1 is 1.16 bits per heavy atom. The summed E-state index contributed by atoms with van der Waals surface area (Å²) >= 11 is 1.27. The highest BCUT2D eigenvalue weighted by molar-refractivity contribution is 7.99. The lowest BCUT2D eigenvalue weighted by Crippen LogP contribution is -2.25. The van der Waals surface area contributed by atoms with Crippen LogP contribution in [0.1, 0.15) is 11.1 Å². The predicted octanol–water partition coefficient (Wildman–Crippen LogP) is 2.59. The molecule has 128 valence electrons. The highest BCUT2D eigenvalue weighted by Gasteiger charge is 2.13. The van der Waals surface area contributed by atoms with E-state index in [0.29, 0.717) is 22.6 Å². The molecule has 2 aromatic carbocycles. The lowest BCUT2D eigenvalue weighted by molar-refractivity contribution is -0.118. The van der Waals surface area contributed by atoms with Crippen LogP contribution >= 0.6 is 11.8 Å². The third kappa shape index (κ3) is 3.91. The van der Waals surface area contributed by atoms with Crippen molar-refractivity contribution in [2.75, 3.05) is 12.8 Å². The number of benzene rings is 2. The Balaban J connectivity index is 2.05. The van der Waals surface area contributed by atoms with Crippen LogP contribution in [0.5, 0.6) is 0 Å². The molecule has 0 aliphatic heterocycles. The summed E-state index contributed by atoms with van der Waals surface area (Å²) in [4.78, 5) is 29.1. The molecule has 0 spiro atoms. The topological polar surface area (TPSA) is 64.0 Å². The van der Waals surface area contributed by atoms with Gasteiger partial charge in [0.25, 0.3) is 5.56 Å². The van der Waals surface area contributed by atoms with Crippen LogP contribution in [-0.2, 0) is 11.3 Å². The molecule has 0 aliphatic rings. The zero-order chi connectivity index (χ0) is 17.8. The molecule has 1 aromatic heterocycles. The molecule has 0 saturated carbocycles. The lowest BCUT2D eigenvalue weighted by Gasteiger charge is -2.13. The summed E-state index contributed by atoms with van der Waals surface area (Å²) in [6.07, 6.45) is 0. The zero-order valence-electron chi connectivity index (χ0n) is 14.2.